The summed E-state index contributed by atoms with van der Waals surface area (Å²) in [4.78, 5) is 12.8. The van der Waals surface area contributed by atoms with Gasteiger partial charge in [-0.1, -0.05) is 55.6 Å². The first kappa shape index (κ1) is 24.2. The van der Waals surface area contributed by atoms with Gasteiger partial charge in [0, 0.05) is 32.1 Å². The Bertz CT molecular complexity index is 1030. The molecule has 2 aliphatic rings. The van der Waals surface area contributed by atoms with E-state index >= 15 is 0 Å². The zero-order valence-electron chi connectivity index (χ0n) is 19.1. The monoisotopic (exact) mass is 491 g/mol. The summed E-state index contributed by atoms with van der Waals surface area (Å²) >= 11 is 1.38. The van der Waals surface area contributed by atoms with Crippen molar-refractivity contribution in [3.05, 3.63) is 36.2 Å². The Morgan fingerprint density at radius 3 is 2.52 bits per heavy atom. The molecule has 0 spiro atoms. The van der Waals surface area contributed by atoms with Crippen LogP contribution < -0.4 is 5.32 Å². The summed E-state index contributed by atoms with van der Waals surface area (Å²) in [5.41, 5.74) is 0. The summed E-state index contributed by atoms with van der Waals surface area (Å²) in [6.45, 7) is 0.893. The van der Waals surface area contributed by atoms with Gasteiger partial charge in [-0.3, -0.25) is 4.79 Å². The van der Waals surface area contributed by atoms with Crippen molar-refractivity contribution in [2.45, 2.75) is 73.4 Å². The fourth-order valence-corrected chi connectivity index (χ4v) is 7.02. The lowest BCUT2D eigenvalue weighted by molar-refractivity contribution is -0.119. The van der Waals surface area contributed by atoms with Gasteiger partial charge in [0.15, 0.2) is 5.16 Å². The number of rotatable bonds is 7. The molecule has 0 bridgehead atoms. The van der Waals surface area contributed by atoms with Crippen molar-refractivity contribution in [2.24, 2.45) is 7.05 Å². The van der Waals surface area contributed by atoms with Crippen LogP contribution in [0.15, 0.2) is 40.4 Å². The Kier molecular flexibility index (Phi) is 8.08. The minimum atomic E-state index is -3.53. The van der Waals surface area contributed by atoms with Gasteiger partial charge in [0.2, 0.25) is 15.9 Å². The maximum absolute atomic E-state index is 13.1. The molecule has 2 aromatic rings. The number of nitrogens with zero attached hydrogens (tertiary/aromatic N) is 4. The molecule has 1 saturated heterocycles. The molecule has 180 valence electrons. The van der Waals surface area contributed by atoms with Crippen LogP contribution in [-0.2, 0) is 21.9 Å². The smallest absolute Gasteiger partial charge is 0.243 e. The van der Waals surface area contributed by atoms with Crippen molar-refractivity contribution in [1.82, 2.24) is 24.4 Å². The van der Waals surface area contributed by atoms with Gasteiger partial charge >= 0.3 is 0 Å². The molecule has 33 heavy (non-hydrogen) atoms. The van der Waals surface area contributed by atoms with Crippen LogP contribution in [0.5, 0.6) is 0 Å². The van der Waals surface area contributed by atoms with E-state index in [2.05, 4.69) is 15.5 Å². The molecule has 1 atom stereocenters. The van der Waals surface area contributed by atoms with Crippen molar-refractivity contribution in [2.75, 3.05) is 18.8 Å². The predicted octanol–water partition coefficient (Wildman–Crippen LogP) is 3.31. The predicted molar refractivity (Wildman–Crippen MR) is 129 cm³/mol. The number of thioether (sulfide) groups is 1. The first-order valence-corrected chi connectivity index (χ1v) is 14.2. The van der Waals surface area contributed by atoms with Gasteiger partial charge in [-0.05, 0) is 37.8 Å². The Morgan fingerprint density at radius 2 is 1.79 bits per heavy atom. The number of carbonyl (C=O) groups excluding carboxylic acids is 1. The topological polar surface area (TPSA) is 97.2 Å². The van der Waals surface area contributed by atoms with Gasteiger partial charge in [-0.25, -0.2) is 8.42 Å². The highest BCUT2D eigenvalue weighted by Crippen LogP contribution is 2.30. The zero-order chi connectivity index (χ0) is 23.3. The molecule has 10 heteroatoms. The molecule has 0 unspecified atom stereocenters. The second-order valence-corrected chi connectivity index (χ2v) is 11.8. The SMILES string of the molecule is Cn1c(SCC(=O)NC2CCCCCC2)nnc1[C@H]1CCCN(S(=O)(=O)c2ccccc2)C1. The van der Waals surface area contributed by atoms with Crippen molar-refractivity contribution in [3.63, 3.8) is 0 Å². The lowest BCUT2D eigenvalue weighted by atomic mass is 9.99. The minimum absolute atomic E-state index is 0.0242. The second kappa shape index (κ2) is 11.0. The largest absolute Gasteiger partial charge is 0.353 e. The van der Waals surface area contributed by atoms with Crippen molar-refractivity contribution >= 4 is 27.7 Å². The van der Waals surface area contributed by atoms with Gasteiger partial charge in [-0.15, -0.1) is 10.2 Å². The number of benzene rings is 1. The molecule has 4 rings (SSSR count). The molecule has 1 N–H and O–H groups in total. The van der Waals surface area contributed by atoms with Crippen LogP contribution >= 0.6 is 11.8 Å². The summed E-state index contributed by atoms with van der Waals surface area (Å²) < 4.78 is 29.6. The third-order valence-electron chi connectivity index (χ3n) is 6.55. The molecule has 8 nitrogen and oxygen atoms in total. The second-order valence-electron chi connectivity index (χ2n) is 8.96. The van der Waals surface area contributed by atoms with Crippen molar-refractivity contribution < 1.29 is 13.2 Å². The minimum Gasteiger partial charge on any atom is -0.353 e. The Hall–Kier alpha value is -1.91. The van der Waals surface area contributed by atoms with Gasteiger partial charge in [0.05, 0.1) is 10.6 Å². The molecular formula is C23H33N5O3S2. The van der Waals surface area contributed by atoms with Crippen LogP contribution in [-0.4, -0.2) is 58.3 Å². The molecule has 1 saturated carbocycles. The molecule has 1 aromatic carbocycles. The number of amides is 1. The third kappa shape index (κ3) is 5.96. The van der Waals surface area contributed by atoms with Crippen LogP contribution in [0.25, 0.3) is 0 Å². The molecule has 0 radical (unpaired) electrons. The lowest BCUT2D eigenvalue weighted by Gasteiger charge is -2.31. The van der Waals surface area contributed by atoms with E-state index in [4.69, 9.17) is 0 Å². The van der Waals surface area contributed by atoms with E-state index in [1.165, 1.54) is 37.4 Å². The van der Waals surface area contributed by atoms with E-state index in [-0.39, 0.29) is 17.9 Å². The molecule has 1 amide bonds. The number of piperidine rings is 1. The van der Waals surface area contributed by atoms with Crippen LogP contribution in [0, 0.1) is 0 Å². The fraction of sp³-hybridized carbons (Fsp3) is 0.609. The van der Waals surface area contributed by atoms with Gasteiger partial charge in [-0.2, -0.15) is 4.31 Å². The number of aromatic nitrogens is 3. The molecule has 2 fully saturated rings. The van der Waals surface area contributed by atoms with Crippen LogP contribution in [0.1, 0.15) is 63.1 Å². The first-order valence-electron chi connectivity index (χ1n) is 11.8. The summed E-state index contributed by atoms with van der Waals surface area (Å²) in [6, 6.07) is 8.86. The Morgan fingerprint density at radius 1 is 1.06 bits per heavy atom. The number of hydrogen-bond donors (Lipinski definition) is 1. The van der Waals surface area contributed by atoms with E-state index < -0.39 is 10.0 Å². The Labute approximate surface area is 200 Å². The van der Waals surface area contributed by atoms with Gasteiger partial charge in [0.25, 0.3) is 0 Å². The van der Waals surface area contributed by atoms with Gasteiger partial charge in [0.1, 0.15) is 5.82 Å². The highest BCUT2D eigenvalue weighted by molar-refractivity contribution is 7.99. The molecule has 1 aliphatic heterocycles. The fourth-order valence-electron chi connectivity index (χ4n) is 4.74. The summed E-state index contributed by atoms with van der Waals surface area (Å²) in [5.74, 6) is 1.09. The highest BCUT2D eigenvalue weighted by Gasteiger charge is 2.33. The molecule has 2 heterocycles. The first-order chi connectivity index (χ1) is 15.9. The average molecular weight is 492 g/mol. The standard InChI is InChI=1S/C23H33N5O3S2/c1-27-22(18-10-9-15-28(16-18)33(30,31)20-13-7-4-8-14-20)25-26-23(27)32-17-21(29)24-19-11-5-2-3-6-12-19/h4,7-8,13-14,18-19H,2-3,5-6,9-12,15-17H2,1H3,(H,24,29)/t18-/m0/s1. The van der Waals surface area contributed by atoms with E-state index in [0.717, 1.165) is 31.5 Å². The maximum atomic E-state index is 13.1. The van der Waals surface area contributed by atoms with Crippen molar-refractivity contribution in [3.8, 4) is 0 Å². The highest BCUT2D eigenvalue weighted by atomic mass is 32.2. The van der Waals surface area contributed by atoms with E-state index in [1.807, 2.05) is 17.7 Å². The average Bonchev–Trinajstić information content (AvgIpc) is 3.01. The van der Waals surface area contributed by atoms with Crippen LogP contribution in [0.3, 0.4) is 0 Å². The zero-order valence-corrected chi connectivity index (χ0v) is 20.8. The molecule has 1 aliphatic carbocycles. The molecule has 1 aromatic heterocycles. The van der Waals surface area contributed by atoms with E-state index in [9.17, 15) is 13.2 Å². The quantitative estimate of drug-likeness (QED) is 0.471. The molecular weight excluding hydrogens is 458 g/mol. The van der Waals surface area contributed by atoms with Crippen LogP contribution in [0.2, 0.25) is 0 Å². The van der Waals surface area contributed by atoms with Crippen LogP contribution in [0.4, 0.5) is 0 Å². The third-order valence-corrected chi connectivity index (χ3v) is 9.45. The maximum Gasteiger partial charge on any atom is 0.243 e. The number of nitrogens with one attached hydrogen (secondary N) is 1. The Balaban J connectivity index is 1.36. The summed E-state index contributed by atoms with van der Waals surface area (Å²) in [6.07, 6.45) is 8.65. The van der Waals surface area contributed by atoms with E-state index in [0.29, 0.717) is 28.9 Å². The summed E-state index contributed by atoms with van der Waals surface area (Å²) in [7, 11) is -1.64. The van der Waals surface area contributed by atoms with E-state index in [1.54, 1.807) is 28.6 Å². The van der Waals surface area contributed by atoms with Gasteiger partial charge < -0.3 is 9.88 Å². The number of carbonyl (C=O) groups is 1. The number of sulfonamides is 1. The lowest BCUT2D eigenvalue weighted by Crippen LogP contribution is -2.39. The normalized spacial score (nSPS) is 20.9. The summed E-state index contributed by atoms with van der Waals surface area (Å²) in [5, 5.41) is 12.5. The van der Waals surface area contributed by atoms with Crippen molar-refractivity contribution in [1.29, 1.82) is 0 Å². The number of hydrogen-bond acceptors (Lipinski definition) is 6.